The Hall–Kier alpha value is -2.44. The summed E-state index contributed by atoms with van der Waals surface area (Å²) in [6.07, 6.45) is 2.09. The van der Waals surface area contributed by atoms with Gasteiger partial charge in [0.2, 0.25) is 5.91 Å². The van der Waals surface area contributed by atoms with Gasteiger partial charge in [0, 0.05) is 25.2 Å². The van der Waals surface area contributed by atoms with Crippen molar-refractivity contribution >= 4 is 11.9 Å². The highest BCUT2D eigenvalue weighted by atomic mass is 16.5. The molecule has 2 rings (SSSR count). The van der Waals surface area contributed by atoms with E-state index in [1.54, 1.807) is 20.3 Å². The zero-order valence-corrected chi connectivity index (χ0v) is 17.6. The van der Waals surface area contributed by atoms with Crippen LogP contribution < -0.4 is 20.1 Å². The minimum atomic E-state index is -0.230. The largest absolute Gasteiger partial charge is 0.493 e. The number of hydrogen-bond donors (Lipinski definition) is 2. The van der Waals surface area contributed by atoms with E-state index < -0.39 is 0 Å². The Morgan fingerprint density at radius 2 is 1.75 bits per heavy atom. The Morgan fingerprint density at radius 3 is 2.32 bits per heavy atom. The normalized spacial score (nSPS) is 15.1. The third-order valence-corrected chi connectivity index (χ3v) is 4.78. The smallest absolute Gasteiger partial charge is 0.317 e. The van der Waals surface area contributed by atoms with Crippen LogP contribution in [-0.2, 0) is 11.2 Å². The van der Waals surface area contributed by atoms with E-state index in [0.29, 0.717) is 30.4 Å². The summed E-state index contributed by atoms with van der Waals surface area (Å²) >= 11 is 0. The van der Waals surface area contributed by atoms with Crippen molar-refractivity contribution in [3.63, 3.8) is 0 Å². The van der Waals surface area contributed by atoms with Gasteiger partial charge in [-0.3, -0.25) is 4.79 Å². The number of benzene rings is 1. The maximum Gasteiger partial charge on any atom is 0.317 e. The molecule has 156 valence electrons. The fraction of sp³-hybridized carbons (Fsp3) is 0.619. The third-order valence-electron chi connectivity index (χ3n) is 4.78. The van der Waals surface area contributed by atoms with E-state index >= 15 is 0 Å². The summed E-state index contributed by atoms with van der Waals surface area (Å²) in [5, 5.41) is 6.02. The number of hydrogen-bond acceptors (Lipinski definition) is 4. The first-order valence-electron chi connectivity index (χ1n) is 9.76. The summed E-state index contributed by atoms with van der Waals surface area (Å²) in [6, 6.07) is 5.49. The maximum atomic E-state index is 12.3. The topological polar surface area (TPSA) is 79.9 Å². The van der Waals surface area contributed by atoms with Crippen LogP contribution in [0.2, 0.25) is 0 Å². The van der Waals surface area contributed by atoms with Crippen molar-refractivity contribution in [3.8, 4) is 11.5 Å². The quantitative estimate of drug-likeness (QED) is 0.781. The lowest BCUT2D eigenvalue weighted by molar-refractivity contribution is -0.120. The van der Waals surface area contributed by atoms with E-state index in [0.717, 1.165) is 31.5 Å². The lowest BCUT2D eigenvalue weighted by atomic mass is 9.96. The summed E-state index contributed by atoms with van der Waals surface area (Å²) in [7, 11) is 3.16. The minimum Gasteiger partial charge on any atom is -0.493 e. The van der Waals surface area contributed by atoms with Crippen LogP contribution in [0.15, 0.2) is 18.2 Å². The molecule has 7 nitrogen and oxygen atoms in total. The molecule has 3 amide bonds. The number of carbonyl (C=O) groups is 2. The Kier molecular flexibility index (Phi) is 7.54. The van der Waals surface area contributed by atoms with Crippen molar-refractivity contribution in [3.05, 3.63) is 23.8 Å². The van der Waals surface area contributed by atoms with Crippen molar-refractivity contribution in [2.24, 2.45) is 5.92 Å². The fourth-order valence-corrected chi connectivity index (χ4v) is 3.24. The Bertz CT molecular complexity index is 677. The molecule has 28 heavy (non-hydrogen) atoms. The summed E-state index contributed by atoms with van der Waals surface area (Å²) in [6.45, 7) is 8.01. The zero-order valence-electron chi connectivity index (χ0n) is 17.6. The molecule has 1 aliphatic rings. The molecular weight excluding hydrogens is 358 g/mol. The Labute approximate surface area is 167 Å². The summed E-state index contributed by atoms with van der Waals surface area (Å²) in [5.41, 5.74) is 0.648. The number of rotatable bonds is 6. The first-order chi connectivity index (χ1) is 13.2. The van der Waals surface area contributed by atoms with Gasteiger partial charge in [0.05, 0.1) is 20.6 Å². The van der Waals surface area contributed by atoms with Crippen molar-refractivity contribution in [2.75, 3.05) is 33.9 Å². The third kappa shape index (κ3) is 6.62. The van der Waals surface area contributed by atoms with Crippen LogP contribution in [0, 0.1) is 5.92 Å². The van der Waals surface area contributed by atoms with E-state index in [-0.39, 0.29) is 17.5 Å². The van der Waals surface area contributed by atoms with Gasteiger partial charge in [-0.05, 0) is 57.2 Å². The number of nitrogens with zero attached hydrogens (tertiary/aromatic N) is 1. The lowest BCUT2D eigenvalue weighted by Crippen LogP contribution is -2.51. The van der Waals surface area contributed by atoms with E-state index in [9.17, 15) is 9.59 Å². The molecular formula is C21H33N3O4. The maximum absolute atomic E-state index is 12.3. The van der Waals surface area contributed by atoms with Gasteiger partial charge >= 0.3 is 6.03 Å². The fourth-order valence-electron chi connectivity index (χ4n) is 3.24. The first kappa shape index (κ1) is 21.9. The first-order valence-corrected chi connectivity index (χ1v) is 9.76. The van der Waals surface area contributed by atoms with Crippen LogP contribution >= 0.6 is 0 Å². The lowest BCUT2D eigenvalue weighted by Gasteiger charge is -2.34. The van der Waals surface area contributed by atoms with Gasteiger partial charge in [-0.1, -0.05) is 6.07 Å². The monoisotopic (exact) mass is 391 g/mol. The zero-order chi connectivity index (χ0) is 20.7. The molecule has 1 aromatic rings. The average molecular weight is 392 g/mol. The number of ether oxygens (including phenoxy) is 2. The van der Waals surface area contributed by atoms with Crippen LogP contribution in [-0.4, -0.2) is 56.2 Å². The number of carbonyl (C=O) groups excluding carboxylic acids is 2. The van der Waals surface area contributed by atoms with E-state index in [2.05, 4.69) is 10.6 Å². The van der Waals surface area contributed by atoms with Gasteiger partial charge in [-0.2, -0.15) is 0 Å². The molecule has 2 N–H and O–H groups in total. The highest BCUT2D eigenvalue weighted by Crippen LogP contribution is 2.27. The van der Waals surface area contributed by atoms with E-state index in [1.807, 2.05) is 37.8 Å². The molecule has 1 fully saturated rings. The number of piperidine rings is 1. The molecule has 0 aromatic heterocycles. The Morgan fingerprint density at radius 1 is 1.11 bits per heavy atom. The second-order valence-electron chi connectivity index (χ2n) is 8.28. The molecule has 1 aromatic carbocycles. The van der Waals surface area contributed by atoms with Crippen LogP contribution in [0.1, 0.15) is 39.2 Å². The molecule has 1 aliphatic heterocycles. The number of likely N-dealkylation sites (tertiary alicyclic amines) is 1. The van der Waals surface area contributed by atoms with Gasteiger partial charge in [-0.25, -0.2) is 4.79 Å². The van der Waals surface area contributed by atoms with Crippen LogP contribution in [0.5, 0.6) is 11.5 Å². The summed E-state index contributed by atoms with van der Waals surface area (Å²) in [4.78, 5) is 26.3. The van der Waals surface area contributed by atoms with E-state index in [1.165, 1.54) is 0 Å². The molecule has 0 aliphatic carbocycles. The second kappa shape index (κ2) is 9.66. The molecule has 0 atom stereocenters. The van der Waals surface area contributed by atoms with Gasteiger partial charge in [0.1, 0.15) is 0 Å². The molecule has 1 saturated heterocycles. The molecule has 0 unspecified atom stereocenters. The molecule has 0 bridgehead atoms. The predicted octanol–water partition coefficient (Wildman–Crippen LogP) is 2.58. The number of methoxy groups -OCH3 is 2. The van der Waals surface area contributed by atoms with Crippen molar-refractivity contribution in [2.45, 2.75) is 45.6 Å². The second-order valence-corrected chi connectivity index (χ2v) is 8.28. The van der Waals surface area contributed by atoms with Crippen molar-refractivity contribution in [1.29, 1.82) is 0 Å². The van der Waals surface area contributed by atoms with Gasteiger partial charge in [0.15, 0.2) is 11.5 Å². The molecule has 0 saturated carbocycles. The number of nitrogens with one attached hydrogen (secondary N) is 2. The van der Waals surface area contributed by atoms with Crippen LogP contribution in [0.25, 0.3) is 0 Å². The number of amides is 3. The minimum absolute atomic E-state index is 0.0107. The van der Waals surface area contributed by atoms with Crippen molar-refractivity contribution in [1.82, 2.24) is 15.5 Å². The average Bonchev–Trinajstić information content (AvgIpc) is 2.65. The number of urea groups is 1. The SMILES string of the molecule is COc1ccc(CC(=O)NCC2CCN(C(=O)NC(C)(C)C)CC2)cc1OC. The van der Waals surface area contributed by atoms with Gasteiger partial charge in [-0.15, -0.1) is 0 Å². The Balaban J connectivity index is 1.75. The molecule has 0 radical (unpaired) electrons. The van der Waals surface area contributed by atoms with E-state index in [4.69, 9.17) is 9.47 Å². The van der Waals surface area contributed by atoms with Gasteiger partial charge < -0.3 is 25.0 Å². The van der Waals surface area contributed by atoms with Gasteiger partial charge in [0.25, 0.3) is 0 Å². The summed E-state index contributed by atoms with van der Waals surface area (Å²) < 4.78 is 10.5. The predicted molar refractivity (Wildman–Crippen MR) is 109 cm³/mol. The summed E-state index contributed by atoms with van der Waals surface area (Å²) in [5.74, 6) is 1.65. The highest BCUT2D eigenvalue weighted by Gasteiger charge is 2.25. The van der Waals surface area contributed by atoms with Crippen molar-refractivity contribution < 1.29 is 19.1 Å². The standard InChI is InChI=1S/C21H33N3O4/c1-21(2,3)23-20(26)24-10-8-15(9-11-24)14-22-19(25)13-16-6-7-17(27-4)18(12-16)28-5/h6-7,12,15H,8-11,13-14H2,1-5H3,(H,22,25)(H,23,26). The molecule has 7 heteroatoms. The highest BCUT2D eigenvalue weighted by molar-refractivity contribution is 5.78. The molecule has 0 spiro atoms. The van der Waals surface area contributed by atoms with Crippen LogP contribution in [0.4, 0.5) is 4.79 Å². The van der Waals surface area contributed by atoms with Crippen LogP contribution in [0.3, 0.4) is 0 Å². The molecule has 1 heterocycles.